The van der Waals surface area contributed by atoms with Gasteiger partial charge in [0.05, 0.1) is 7.11 Å². The number of amides is 2. The second-order valence-corrected chi connectivity index (χ2v) is 4.71. The highest BCUT2D eigenvalue weighted by Crippen LogP contribution is 2.25. The number of hydrogen-bond donors (Lipinski definition) is 2. The van der Waals surface area contributed by atoms with Crippen LogP contribution in [0.2, 0.25) is 0 Å². The highest BCUT2D eigenvalue weighted by molar-refractivity contribution is 5.73. The maximum atomic E-state index is 13.4. The van der Waals surface area contributed by atoms with E-state index in [2.05, 4.69) is 10.6 Å². The molecule has 0 aromatic heterocycles. The van der Waals surface area contributed by atoms with E-state index in [1.807, 2.05) is 12.1 Å². The molecule has 6 heteroatoms. The van der Waals surface area contributed by atoms with Crippen molar-refractivity contribution in [2.24, 2.45) is 0 Å². The van der Waals surface area contributed by atoms with Gasteiger partial charge in [0.1, 0.15) is 5.82 Å². The molecule has 0 radical (unpaired) electrons. The lowest BCUT2D eigenvalue weighted by Crippen LogP contribution is -2.38. The van der Waals surface area contributed by atoms with Crippen LogP contribution in [0.4, 0.5) is 9.18 Å². The molecule has 0 aliphatic heterocycles. The van der Waals surface area contributed by atoms with Gasteiger partial charge < -0.3 is 20.1 Å². The molecule has 0 saturated carbocycles. The Balaban J connectivity index is 1.68. The first-order chi connectivity index (χ1) is 11.2. The van der Waals surface area contributed by atoms with Gasteiger partial charge in [-0.3, -0.25) is 0 Å². The van der Waals surface area contributed by atoms with E-state index in [-0.39, 0.29) is 18.6 Å². The van der Waals surface area contributed by atoms with E-state index in [1.54, 1.807) is 37.4 Å². The lowest BCUT2D eigenvalue weighted by molar-refractivity contribution is 0.221. The molecule has 0 atom stereocenters. The van der Waals surface area contributed by atoms with Crippen molar-refractivity contribution in [1.82, 2.24) is 10.6 Å². The van der Waals surface area contributed by atoms with Gasteiger partial charge in [-0.2, -0.15) is 0 Å². The molecule has 0 aliphatic carbocycles. The number of methoxy groups -OCH3 is 1. The van der Waals surface area contributed by atoms with Crippen LogP contribution in [-0.2, 0) is 6.42 Å². The van der Waals surface area contributed by atoms with Crippen molar-refractivity contribution in [2.75, 3.05) is 20.4 Å². The predicted molar refractivity (Wildman–Crippen MR) is 85.1 cm³/mol. The highest BCUT2D eigenvalue weighted by Gasteiger charge is 2.05. The normalized spacial score (nSPS) is 10.0. The minimum atomic E-state index is -0.378. The third-order valence-electron chi connectivity index (χ3n) is 3.17. The Hall–Kier alpha value is -2.76. The van der Waals surface area contributed by atoms with Crippen LogP contribution >= 0.6 is 0 Å². The summed E-state index contributed by atoms with van der Waals surface area (Å²) < 4.78 is 24.0. The molecular formula is C17H19FN2O3. The number of nitrogens with one attached hydrogen (secondary N) is 2. The van der Waals surface area contributed by atoms with E-state index in [1.165, 1.54) is 6.07 Å². The molecule has 0 unspecified atom stereocenters. The number of ether oxygens (including phenoxy) is 2. The molecule has 2 rings (SSSR count). The second-order valence-electron chi connectivity index (χ2n) is 4.71. The molecule has 0 aliphatic rings. The summed E-state index contributed by atoms with van der Waals surface area (Å²) in [5.74, 6) is 0.866. The zero-order valence-corrected chi connectivity index (χ0v) is 12.8. The Bertz CT molecular complexity index is 649. The average Bonchev–Trinajstić information content (AvgIpc) is 2.57. The molecule has 0 spiro atoms. The summed E-state index contributed by atoms with van der Waals surface area (Å²) in [7, 11) is 1.55. The van der Waals surface area contributed by atoms with Crippen LogP contribution in [0.15, 0.2) is 48.5 Å². The molecule has 0 bridgehead atoms. The van der Waals surface area contributed by atoms with E-state index < -0.39 is 0 Å². The number of carbonyl (C=O) groups excluding carboxylic acids is 1. The smallest absolute Gasteiger partial charge is 0.317 e. The first-order valence-electron chi connectivity index (χ1n) is 7.21. The summed E-state index contributed by atoms with van der Waals surface area (Å²) in [6.45, 7) is 0.341. The van der Waals surface area contributed by atoms with E-state index in [0.29, 0.717) is 30.0 Å². The SMILES string of the molecule is COc1ccccc1OCNC(=O)NCCc1ccccc1F. The Morgan fingerprint density at radius 2 is 1.74 bits per heavy atom. The quantitative estimate of drug-likeness (QED) is 0.772. The van der Waals surface area contributed by atoms with Crippen LogP contribution < -0.4 is 20.1 Å². The minimum absolute atomic E-state index is 0.00586. The Labute approximate surface area is 134 Å². The number of benzene rings is 2. The van der Waals surface area contributed by atoms with E-state index in [0.717, 1.165) is 0 Å². The van der Waals surface area contributed by atoms with Gasteiger partial charge in [0.25, 0.3) is 0 Å². The largest absolute Gasteiger partial charge is 0.493 e. The van der Waals surface area contributed by atoms with Crippen LogP contribution in [0.25, 0.3) is 0 Å². The van der Waals surface area contributed by atoms with Gasteiger partial charge in [0.2, 0.25) is 0 Å². The van der Waals surface area contributed by atoms with Crippen LogP contribution in [0.5, 0.6) is 11.5 Å². The first kappa shape index (κ1) is 16.6. The zero-order chi connectivity index (χ0) is 16.5. The van der Waals surface area contributed by atoms with Crippen LogP contribution in [-0.4, -0.2) is 26.4 Å². The lowest BCUT2D eigenvalue weighted by Gasteiger charge is -2.11. The van der Waals surface area contributed by atoms with Crippen molar-refractivity contribution in [3.8, 4) is 11.5 Å². The van der Waals surface area contributed by atoms with Gasteiger partial charge in [-0.15, -0.1) is 0 Å². The molecule has 122 valence electrons. The van der Waals surface area contributed by atoms with Crippen molar-refractivity contribution >= 4 is 6.03 Å². The van der Waals surface area contributed by atoms with Crippen molar-refractivity contribution in [1.29, 1.82) is 0 Å². The van der Waals surface area contributed by atoms with E-state index in [4.69, 9.17) is 9.47 Å². The van der Waals surface area contributed by atoms with Gasteiger partial charge in [0, 0.05) is 6.54 Å². The summed E-state index contributed by atoms with van der Waals surface area (Å²) in [5, 5.41) is 5.21. The van der Waals surface area contributed by atoms with Crippen molar-refractivity contribution in [3.05, 3.63) is 59.9 Å². The molecule has 0 saturated heterocycles. The average molecular weight is 318 g/mol. The van der Waals surface area contributed by atoms with E-state index in [9.17, 15) is 9.18 Å². The second kappa shape index (κ2) is 8.63. The zero-order valence-electron chi connectivity index (χ0n) is 12.8. The van der Waals surface area contributed by atoms with Gasteiger partial charge in [-0.05, 0) is 30.2 Å². The maximum Gasteiger partial charge on any atom is 0.317 e. The fraction of sp³-hybridized carbons (Fsp3) is 0.235. The van der Waals surface area contributed by atoms with Gasteiger partial charge in [-0.1, -0.05) is 30.3 Å². The molecule has 2 amide bonds. The van der Waals surface area contributed by atoms with Gasteiger partial charge in [0.15, 0.2) is 18.2 Å². The molecule has 0 heterocycles. The standard InChI is InChI=1S/C17H19FN2O3/c1-22-15-8-4-5-9-16(15)23-12-20-17(21)19-11-10-13-6-2-3-7-14(13)18/h2-9H,10-12H2,1H3,(H2,19,20,21). The molecule has 2 aromatic carbocycles. The predicted octanol–water partition coefficient (Wildman–Crippen LogP) is 2.71. The minimum Gasteiger partial charge on any atom is -0.493 e. The van der Waals surface area contributed by atoms with Gasteiger partial charge >= 0.3 is 6.03 Å². The van der Waals surface area contributed by atoms with Crippen LogP contribution in [0, 0.1) is 5.82 Å². The van der Waals surface area contributed by atoms with Crippen LogP contribution in [0.3, 0.4) is 0 Å². The summed E-state index contributed by atoms with van der Waals surface area (Å²) in [6, 6.07) is 13.3. The molecule has 2 aromatic rings. The van der Waals surface area contributed by atoms with Crippen LogP contribution in [0.1, 0.15) is 5.56 Å². The number of halogens is 1. The topological polar surface area (TPSA) is 59.6 Å². The van der Waals surface area contributed by atoms with Gasteiger partial charge in [-0.25, -0.2) is 9.18 Å². The molecule has 0 fully saturated rings. The third kappa shape index (κ3) is 5.18. The number of para-hydroxylation sites is 2. The Kier molecular flexibility index (Phi) is 6.23. The lowest BCUT2D eigenvalue weighted by atomic mass is 10.1. The summed E-state index contributed by atoms with van der Waals surface area (Å²) in [4.78, 5) is 11.6. The molecule has 5 nitrogen and oxygen atoms in total. The number of hydrogen-bond acceptors (Lipinski definition) is 3. The molecular weight excluding hydrogens is 299 g/mol. The van der Waals surface area contributed by atoms with Crippen molar-refractivity contribution in [2.45, 2.75) is 6.42 Å². The molecule has 2 N–H and O–H groups in total. The van der Waals surface area contributed by atoms with Crippen molar-refractivity contribution < 1.29 is 18.7 Å². The summed E-state index contributed by atoms with van der Waals surface area (Å²) in [5.41, 5.74) is 0.568. The van der Waals surface area contributed by atoms with Crippen molar-refractivity contribution in [3.63, 3.8) is 0 Å². The Morgan fingerprint density at radius 3 is 2.48 bits per heavy atom. The monoisotopic (exact) mass is 318 g/mol. The number of carbonyl (C=O) groups is 1. The Morgan fingerprint density at radius 1 is 1.04 bits per heavy atom. The number of rotatable bonds is 7. The van der Waals surface area contributed by atoms with E-state index >= 15 is 0 Å². The highest BCUT2D eigenvalue weighted by atomic mass is 19.1. The fourth-order valence-corrected chi connectivity index (χ4v) is 1.99. The maximum absolute atomic E-state index is 13.4. The number of urea groups is 1. The first-order valence-corrected chi connectivity index (χ1v) is 7.21. The molecule has 23 heavy (non-hydrogen) atoms. The third-order valence-corrected chi connectivity index (χ3v) is 3.17. The fourth-order valence-electron chi connectivity index (χ4n) is 1.99. The summed E-state index contributed by atoms with van der Waals surface area (Å²) in [6.07, 6.45) is 0.424. The summed E-state index contributed by atoms with van der Waals surface area (Å²) >= 11 is 0.